The Balaban J connectivity index is 0.000000380. The summed E-state index contributed by atoms with van der Waals surface area (Å²) in [5.74, 6) is 1.11. The van der Waals surface area contributed by atoms with Crippen molar-refractivity contribution in [2.45, 2.75) is 108 Å². The molecule has 2 atom stereocenters. The molecular formula is C53H67F6LiO7S2Si2. The Bertz CT molecular complexity index is 2390. The van der Waals surface area contributed by atoms with Gasteiger partial charge < -0.3 is 12.2 Å². The zero-order valence-electron chi connectivity index (χ0n) is 41.8. The summed E-state index contributed by atoms with van der Waals surface area (Å²) in [7, 11) is -20.9. The molecule has 0 heterocycles. The summed E-state index contributed by atoms with van der Waals surface area (Å²) < 4.78 is 138. The first-order chi connectivity index (χ1) is 32.7. The van der Waals surface area contributed by atoms with Crippen molar-refractivity contribution < 1.29 is 74.5 Å². The molecular weight excluding hydrogens is 990 g/mol. The van der Waals surface area contributed by atoms with Crippen LogP contribution in [0.2, 0.25) is 11.1 Å². The van der Waals surface area contributed by atoms with Gasteiger partial charge in [-0.15, -0.1) is 0 Å². The molecule has 0 saturated heterocycles. The number of allylic oxidation sites excluding steroid dienone is 8. The fourth-order valence-electron chi connectivity index (χ4n) is 8.83. The maximum Gasteiger partial charge on any atom is 1.00 e. The van der Waals surface area contributed by atoms with Gasteiger partial charge in [0.1, 0.15) is 8.07 Å². The van der Waals surface area contributed by atoms with Gasteiger partial charge in [0, 0.05) is 34.7 Å². The molecule has 0 amide bonds. The van der Waals surface area contributed by atoms with Gasteiger partial charge in [-0.05, 0) is 33.1 Å². The van der Waals surface area contributed by atoms with E-state index in [1.807, 2.05) is 13.8 Å². The molecule has 71 heavy (non-hydrogen) atoms. The first-order valence-electron chi connectivity index (χ1n) is 23.3. The van der Waals surface area contributed by atoms with Crippen LogP contribution in [0.15, 0.2) is 169 Å². The van der Waals surface area contributed by atoms with Crippen molar-refractivity contribution in [1.29, 1.82) is 0 Å². The van der Waals surface area contributed by atoms with Crippen molar-refractivity contribution >= 4 is 57.6 Å². The van der Waals surface area contributed by atoms with Gasteiger partial charge in [0.05, 0.1) is 0 Å². The molecule has 4 aromatic rings. The Morgan fingerprint density at radius 1 is 0.563 bits per heavy atom. The van der Waals surface area contributed by atoms with Crippen LogP contribution in [-0.2, 0) is 32.7 Å². The Morgan fingerprint density at radius 2 is 0.944 bits per heavy atom. The zero-order chi connectivity index (χ0) is 50.8. The van der Waals surface area contributed by atoms with Crippen LogP contribution in [0.3, 0.4) is 0 Å². The topological polar surface area (TPSA) is 96.0 Å². The smallest absolute Gasteiger partial charge is 0.382 e. The Morgan fingerprint density at radius 3 is 1.27 bits per heavy atom. The normalized spacial score (nSPS) is 16.9. The molecule has 7 rings (SSSR count). The van der Waals surface area contributed by atoms with Crippen molar-refractivity contribution in [1.82, 2.24) is 0 Å². The third-order valence-electron chi connectivity index (χ3n) is 11.9. The number of rotatable bonds is 16. The molecule has 3 aliphatic rings. The molecule has 0 N–H and O–H groups in total. The molecule has 1 fully saturated rings. The molecule has 384 valence electrons. The average Bonchev–Trinajstić information content (AvgIpc) is 4.12. The van der Waals surface area contributed by atoms with Gasteiger partial charge in [-0.1, -0.05) is 238 Å². The molecule has 4 aromatic carbocycles. The van der Waals surface area contributed by atoms with Gasteiger partial charge in [-0.2, -0.15) is 43.2 Å². The minimum absolute atomic E-state index is 0. The van der Waals surface area contributed by atoms with E-state index in [2.05, 4.69) is 126 Å². The molecule has 18 heteroatoms. The van der Waals surface area contributed by atoms with Crippen molar-refractivity contribution in [3.63, 3.8) is 0 Å². The zero-order valence-corrected chi connectivity index (χ0v) is 45.4. The summed E-state index contributed by atoms with van der Waals surface area (Å²) in [5, 5.41) is 1.82. The fraction of sp³-hybridized carbons (Fsp3) is 0.377. The number of hydrogen-bond donors (Lipinski definition) is 0. The van der Waals surface area contributed by atoms with E-state index in [1.165, 1.54) is 85.0 Å². The molecule has 0 bridgehead atoms. The summed E-state index contributed by atoms with van der Waals surface area (Å²) in [4.78, 5) is 0. The third kappa shape index (κ3) is 16.9. The van der Waals surface area contributed by atoms with E-state index in [-0.39, 0.29) is 26.3 Å². The molecule has 3 aliphatic carbocycles. The molecule has 0 radical (unpaired) electrons. The molecule has 0 aromatic heterocycles. The molecule has 7 nitrogen and oxygen atoms in total. The van der Waals surface area contributed by atoms with Crippen LogP contribution in [0, 0.1) is 13.3 Å². The monoisotopic (exact) mass is 1060 g/mol. The quantitative estimate of drug-likeness (QED) is 0.0478. The summed E-state index contributed by atoms with van der Waals surface area (Å²) in [5.41, 5.74) is -8.24. The van der Waals surface area contributed by atoms with Gasteiger partial charge in [0.25, 0.3) is 0 Å². The summed E-state index contributed by atoms with van der Waals surface area (Å²) in [6, 6.07) is 33.4. The minimum Gasteiger partial charge on any atom is -0.382 e. The van der Waals surface area contributed by atoms with E-state index < -0.39 is 58.3 Å². The van der Waals surface area contributed by atoms with Crippen LogP contribution < -0.4 is 39.6 Å². The van der Waals surface area contributed by atoms with Crippen LogP contribution in [0.5, 0.6) is 0 Å². The number of benzene rings is 4. The Kier molecular flexibility index (Phi) is 26.1. The predicted molar refractivity (Wildman–Crippen MR) is 276 cm³/mol. The standard InChI is InChI=1S/C26H28Si.C14H10F6O6S2Si.C8H16.C4H10O.CH3.Li/c1-3-10-22-16-18-26(20-22)27(23-11-6-4-7-12-23,24-13-8-5-9-14-24)25-17-15-21(2)19-25;15-13(16,17)27(21,22)25-29(11-7-3-1-4-8-11,12-9-5-2-6-10-12)26-28(23,24)14(18,19)20;1-2-5-8-6-3-4-7-8;1-3-5-4-2;;/h4-9,11-20,25-26H,3,10H2,1-2H3;1-10H;8H,2-7H2,1H3;3-4H2,1-2H3;1H3;/q;;;;-1;+1. The van der Waals surface area contributed by atoms with Crippen LogP contribution in [0.25, 0.3) is 0 Å². The third-order valence-corrected chi connectivity index (χ3v) is 24.3. The van der Waals surface area contributed by atoms with Crippen molar-refractivity contribution in [2.75, 3.05) is 13.2 Å². The maximum absolute atomic E-state index is 12.9. The average molecular weight is 1060 g/mol. The molecule has 0 spiro atoms. The summed E-state index contributed by atoms with van der Waals surface area (Å²) in [6.45, 7) is 12.5. The van der Waals surface area contributed by atoms with E-state index in [9.17, 15) is 43.2 Å². The van der Waals surface area contributed by atoms with Gasteiger partial charge in [0.15, 0.2) is 0 Å². The van der Waals surface area contributed by atoms with E-state index in [0.29, 0.717) is 11.1 Å². The summed E-state index contributed by atoms with van der Waals surface area (Å²) >= 11 is 0. The number of hydrogen-bond acceptors (Lipinski definition) is 7. The maximum atomic E-state index is 12.9. The van der Waals surface area contributed by atoms with Gasteiger partial charge >= 0.3 is 58.7 Å². The second-order valence-corrected chi connectivity index (χ2v) is 27.5. The van der Waals surface area contributed by atoms with Crippen LogP contribution in [-0.4, -0.2) is 57.7 Å². The fourth-order valence-corrected chi connectivity index (χ4v) is 21.2. The Hall–Kier alpha value is -3.77. The second-order valence-electron chi connectivity index (χ2n) is 16.8. The van der Waals surface area contributed by atoms with E-state index in [0.717, 1.165) is 67.7 Å². The number of halogens is 6. The van der Waals surface area contributed by atoms with Gasteiger partial charge in [-0.25, -0.2) is 0 Å². The van der Waals surface area contributed by atoms with E-state index >= 15 is 0 Å². The van der Waals surface area contributed by atoms with Crippen molar-refractivity contribution in [2.24, 2.45) is 5.92 Å². The van der Waals surface area contributed by atoms with Crippen molar-refractivity contribution in [3.8, 4) is 0 Å². The first-order valence-corrected chi connectivity index (χ1v) is 30.1. The van der Waals surface area contributed by atoms with Gasteiger partial charge in [0.2, 0.25) is 0 Å². The van der Waals surface area contributed by atoms with Crippen LogP contribution in [0.4, 0.5) is 26.3 Å². The number of alkyl halides is 6. The van der Waals surface area contributed by atoms with Crippen LogP contribution in [0.1, 0.15) is 86.0 Å². The van der Waals surface area contributed by atoms with E-state index in [4.69, 9.17) is 4.74 Å². The second kappa shape index (κ2) is 29.2. The largest absolute Gasteiger partial charge is 1.00 e. The summed E-state index contributed by atoms with van der Waals surface area (Å²) in [6.07, 6.45) is 26.0. The predicted octanol–water partition coefficient (Wildman–Crippen LogP) is 9.25. The molecule has 2 unspecified atom stereocenters. The van der Waals surface area contributed by atoms with Gasteiger partial charge in [-0.3, -0.25) is 7.74 Å². The first kappa shape index (κ1) is 63.3. The SMILES string of the molecule is CCCC1=CC([Si](c2ccccc2)(c2ccccc2)C2C=CC(C)=C2)C=C1.CCCC1CCCC1.CCOCC.O=S(=O)(O[Si](OS(=O)(=O)C(F)(F)F)(c1ccccc1)c1ccccc1)C(F)(F)F.[CH3-].[Li+]. The van der Waals surface area contributed by atoms with Crippen molar-refractivity contribution in [3.05, 3.63) is 176 Å². The Labute approximate surface area is 433 Å². The molecule has 0 aliphatic heterocycles. The van der Waals surface area contributed by atoms with E-state index in [1.54, 1.807) is 0 Å². The van der Waals surface area contributed by atoms with Crippen LogP contribution >= 0.6 is 0 Å². The minimum atomic E-state index is -6.56. The molecule has 1 saturated carbocycles. The number of ether oxygens (including phenoxy) is 1.